The van der Waals surface area contributed by atoms with E-state index >= 15 is 0 Å². The molecule has 26 heavy (non-hydrogen) atoms. The number of amides is 2. The molecule has 0 fully saturated rings. The van der Waals surface area contributed by atoms with Gasteiger partial charge < -0.3 is 10.6 Å². The summed E-state index contributed by atoms with van der Waals surface area (Å²) in [6.07, 6.45) is 18.2. The minimum atomic E-state index is -0.0318. The van der Waals surface area contributed by atoms with Crippen LogP contribution in [0.3, 0.4) is 0 Å². The summed E-state index contributed by atoms with van der Waals surface area (Å²) in [5, 5.41) is 20.7. The number of carbonyl (C=O) groups is 1. The molecule has 0 aromatic rings. The van der Waals surface area contributed by atoms with Crippen molar-refractivity contribution < 1.29 is 4.79 Å². The highest BCUT2D eigenvalue weighted by atomic mass is 16.2. The molecule has 1 aliphatic heterocycles. The van der Waals surface area contributed by atoms with E-state index in [1.165, 1.54) is 32.1 Å². The predicted molar refractivity (Wildman–Crippen MR) is 105 cm³/mol. The third-order valence-electron chi connectivity index (χ3n) is 4.31. The van der Waals surface area contributed by atoms with Crippen LogP contribution in [0.15, 0.2) is 32.8 Å². The first-order chi connectivity index (χ1) is 12.8. The number of hydrogen-bond acceptors (Lipinski definition) is 5. The molecule has 0 aromatic heterocycles. The van der Waals surface area contributed by atoms with Crippen LogP contribution in [-0.2, 0) is 0 Å². The van der Waals surface area contributed by atoms with Gasteiger partial charge in [0.2, 0.25) is 0 Å². The first-order valence-electron chi connectivity index (χ1n) is 10.3. The number of allylic oxidation sites excluding steroid dienone is 2. The van der Waals surface area contributed by atoms with Crippen molar-refractivity contribution >= 4 is 6.03 Å². The number of rotatable bonds is 16. The summed E-state index contributed by atoms with van der Waals surface area (Å²) < 4.78 is 0. The van der Waals surface area contributed by atoms with Crippen molar-refractivity contribution in [1.82, 2.24) is 10.6 Å². The summed E-state index contributed by atoms with van der Waals surface area (Å²) in [5.74, 6) is 0. The molecular weight excluding hydrogens is 328 g/mol. The zero-order valence-corrected chi connectivity index (χ0v) is 16.3. The zero-order chi connectivity index (χ0) is 18.7. The van der Waals surface area contributed by atoms with E-state index in [1.807, 2.05) is 0 Å². The number of hydrogen-bond donors (Lipinski definition) is 2. The molecule has 0 aliphatic carbocycles. The number of urea groups is 1. The first-order valence-corrected chi connectivity index (χ1v) is 10.3. The Morgan fingerprint density at radius 3 is 2.04 bits per heavy atom. The lowest BCUT2D eigenvalue weighted by molar-refractivity contribution is 0.240. The lowest BCUT2D eigenvalue weighted by Crippen LogP contribution is -2.36. The molecule has 2 amide bonds. The highest BCUT2D eigenvalue weighted by molar-refractivity contribution is 5.73. The van der Waals surface area contributed by atoms with Crippen LogP contribution >= 0.6 is 0 Å². The topological polar surface area (TPSA) is 90.6 Å². The van der Waals surface area contributed by atoms with Crippen LogP contribution in [0.1, 0.15) is 84.0 Å². The van der Waals surface area contributed by atoms with Crippen LogP contribution in [-0.4, -0.2) is 25.3 Å². The van der Waals surface area contributed by atoms with Crippen LogP contribution < -0.4 is 10.6 Å². The van der Waals surface area contributed by atoms with Gasteiger partial charge >= 0.3 is 6.03 Å². The number of nitrogens with zero attached hydrogens (tertiary/aromatic N) is 4. The maximum absolute atomic E-state index is 11.5. The van der Waals surface area contributed by atoms with Gasteiger partial charge in [-0.05, 0) is 61.8 Å². The Morgan fingerprint density at radius 1 is 0.808 bits per heavy atom. The molecule has 1 rings (SSSR count). The largest absolute Gasteiger partial charge is 0.338 e. The molecule has 0 atom stereocenters. The Morgan fingerprint density at radius 2 is 1.38 bits per heavy atom. The Hall–Kier alpha value is -1.79. The van der Waals surface area contributed by atoms with Crippen LogP contribution in [0.25, 0.3) is 0 Å². The minimum Gasteiger partial charge on any atom is -0.338 e. The van der Waals surface area contributed by atoms with E-state index in [2.05, 4.69) is 50.4 Å². The quantitative estimate of drug-likeness (QED) is 0.267. The van der Waals surface area contributed by atoms with E-state index < -0.39 is 0 Å². The molecular formula is C19H36N6O. The Kier molecular flexibility index (Phi) is 14.3. The van der Waals surface area contributed by atoms with Crippen LogP contribution in [0.2, 0.25) is 0 Å². The molecule has 1 aliphatic rings. The van der Waals surface area contributed by atoms with Crippen LogP contribution in [0.5, 0.6) is 0 Å². The van der Waals surface area contributed by atoms with Gasteiger partial charge in [-0.15, -0.1) is 10.2 Å². The highest BCUT2D eigenvalue weighted by Crippen LogP contribution is 2.14. The van der Waals surface area contributed by atoms with Crippen LogP contribution in [0.4, 0.5) is 4.79 Å². The van der Waals surface area contributed by atoms with E-state index in [0.717, 1.165) is 58.0 Å². The van der Waals surface area contributed by atoms with Gasteiger partial charge in [0.25, 0.3) is 0 Å². The Bertz CT molecular complexity index is 424. The standard InChI is InChI=1S/C19H36N6O/c1-2-3-13-16-20-19(26)21-17-14-11-9-7-5-4-6-8-10-12-15-18-22-24-25-23-18/h5,7,18H,2-4,6,8-17H2,1H3,(H2,20,21,26)/b7-5-. The number of nitrogens with one attached hydrogen (secondary N) is 2. The summed E-state index contributed by atoms with van der Waals surface area (Å²) in [7, 11) is 0. The predicted octanol–water partition coefficient (Wildman–Crippen LogP) is 5.70. The summed E-state index contributed by atoms with van der Waals surface area (Å²) in [6, 6.07) is -0.0318. The summed E-state index contributed by atoms with van der Waals surface area (Å²) in [5.41, 5.74) is 0. The lowest BCUT2D eigenvalue weighted by Gasteiger charge is -2.06. The third-order valence-corrected chi connectivity index (χ3v) is 4.31. The normalized spacial score (nSPS) is 13.7. The van der Waals surface area contributed by atoms with E-state index in [4.69, 9.17) is 0 Å². The van der Waals surface area contributed by atoms with Crippen molar-refractivity contribution in [3.8, 4) is 0 Å². The fraction of sp³-hybridized carbons (Fsp3) is 0.842. The Balaban J connectivity index is 1.77. The van der Waals surface area contributed by atoms with Gasteiger partial charge in [-0.2, -0.15) is 0 Å². The molecule has 0 spiro atoms. The van der Waals surface area contributed by atoms with Crippen molar-refractivity contribution in [2.75, 3.05) is 13.1 Å². The second-order valence-corrected chi connectivity index (χ2v) is 6.74. The van der Waals surface area contributed by atoms with Crippen LogP contribution in [0, 0.1) is 0 Å². The van der Waals surface area contributed by atoms with E-state index in [0.29, 0.717) is 0 Å². The van der Waals surface area contributed by atoms with Gasteiger partial charge in [0.15, 0.2) is 6.17 Å². The maximum Gasteiger partial charge on any atom is 0.314 e. The molecule has 7 heteroatoms. The molecule has 0 saturated carbocycles. The summed E-state index contributed by atoms with van der Waals surface area (Å²) in [4.78, 5) is 11.5. The van der Waals surface area contributed by atoms with Crippen molar-refractivity contribution in [3.05, 3.63) is 12.2 Å². The van der Waals surface area contributed by atoms with Gasteiger partial charge in [0, 0.05) is 13.1 Å². The second kappa shape index (κ2) is 16.7. The molecule has 0 aromatic carbocycles. The van der Waals surface area contributed by atoms with E-state index in [1.54, 1.807) is 0 Å². The number of carbonyl (C=O) groups excluding carboxylic acids is 1. The molecule has 0 unspecified atom stereocenters. The molecule has 0 saturated heterocycles. The average molecular weight is 365 g/mol. The minimum absolute atomic E-state index is 0.0171. The van der Waals surface area contributed by atoms with E-state index in [-0.39, 0.29) is 12.2 Å². The van der Waals surface area contributed by atoms with Gasteiger partial charge in [-0.25, -0.2) is 4.79 Å². The second-order valence-electron chi connectivity index (χ2n) is 6.74. The van der Waals surface area contributed by atoms with E-state index in [9.17, 15) is 4.79 Å². The first kappa shape index (κ1) is 22.3. The Labute approximate surface area is 158 Å². The zero-order valence-electron chi connectivity index (χ0n) is 16.3. The van der Waals surface area contributed by atoms with Gasteiger partial charge in [0.1, 0.15) is 0 Å². The van der Waals surface area contributed by atoms with Crippen molar-refractivity contribution in [1.29, 1.82) is 0 Å². The van der Waals surface area contributed by atoms with Gasteiger partial charge in [0.05, 0.1) is 0 Å². The highest BCUT2D eigenvalue weighted by Gasteiger charge is 2.07. The monoisotopic (exact) mass is 364 g/mol. The number of unbranched alkanes of at least 4 members (excludes halogenated alkanes) is 8. The molecule has 0 bridgehead atoms. The van der Waals surface area contributed by atoms with Gasteiger partial charge in [-0.3, -0.25) is 0 Å². The average Bonchev–Trinajstić information content (AvgIpc) is 3.16. The fourth-order valence-electron chi connectivity index (χ4n) is 2.71. The third kappa shape index (κ3) is 13.5. The van der Waals surface area contributed by atoms with Gasteiger partial charge in [-0.1, -0.05) is 44.8 Å². The molecule has 0 radical (unpaired) electrons. The molecule has 2 N–H and O–H groups in total. The SMILES string of the molecule is CCCCCNC(=O)NCCCC/C=C\CCCCCCC1N=NN=N1. The summed E-state index contributed by atoms with van der Waals surface area (Å²) >= 11 is 0. The smallest absolute Gasteiger partial charge is 0.314 e. The van der Waals surface area contributed by atoms with Crippen molar-refractivity contribution in [2.24, 2.45) is 20.7 Å². The summed E-state index contributed by atoms with van der Waals surface area (Å²) in [6.45, 7) is 3.70. The van der Waals surface area contributed by atoms with Crippen molar-refractivity contribution in [2.45, 2.75) is 90.1 Å². The molecule has 148 valence electrons. The van der Waals surface area contributed by atoms with Crippen molar-refractivity contribution in [3.63, 3.8) is 0 Å². The maximum atomic E-state index is 11.5. The lowest BCUT2D eigenvalue weighted by atomic mass is 10.1. The molecule has 7 nitrogen and oxygen atoms in total. The fourth-order valence-corrected chi connectivity index (χ4v) is 2.71. The molecule has 1 heterocycles.